The zero-order valence-electron chi connectivity index (χ0n) is 8.00. The molecular weight excluding hydrogens is 172 g/mol. The average molecular weight is 188 g/mol. The number of nitrogens with one attached hydrogen (secondary N) is 1. The fraction of sp³-hybridized carbons (Fsp3) is 0.750. The first-order valence-electron chi connectivity index (χ1n) is 4.29. The van der Waals surface area contributed by atoms with Crippen LogP contribution in [0.3, 0.4) is 0 Å². The Balaban J connectivity index is 3.51. The molecule has 0 aromatic heterocycles. The molecule has 0 rings (SSSR count). The van der Waals surface area contributed by atoms with Crippen LogP contribution in [0.15, 0.2) is 0 Å². The third-order valence-corrected chi connectivity index (χ3v) is 1.51. The smallest absolute Gasteiger partial charge is 0.415 e. The lowest BCUT2D eigenvalue weighted by Gasteiger charge is -2.10. The summed E-state index contributed by atoms with van der Waals surface area (Å²) < 4.78 is 4.72. The second-order valence-corrected chi connectivity index (χ2v) is 2.98. The van der Waals surface area contributed by atoms with Crippen molar-refractivity contribution < 1.29 is 14.3 Å². The van der Waals surface area contributed by atoms with Gasteiger partial charge in [-0.3, -0.25) is 0 Å². The van der Waals surface area contributed by atoms with Gasteiger partial charge >= 0.3 is 12.1 Å². The maximum atomic E-state index is 10.7. The van der Waals surface area contributed by atoms with Gasteiger partial charge < -0.3 is 10.5 Å². The molecule has 1 atom stereocenters. The molecule has 0 aromatic carbocycles. The van der Waals surface area contributed by atoms with Crippen LogP contribution in [0.4, 0.5) is 9.59 Å². The third kappa shape index (κ3) is 7.11. The largest absolute Gasteiger partial charge is 0.449 e. The molecule has 3 amide bonds. The Morgan fingerprint density at radius 3 is 2.62 bits per heavy atom. The molecule has 13 heavy (non-hydrogen) atoms. The van der Waals surface area contributed by atoms with E-state index < -0.39 is 12.1 Å². The summed E-state index contributed by atoms with van der Waals surface area (Å²) in [7, 11) is 0. The number of alkyl carbamates (subject to hydrolysis) is 1. The van der Waals surface area contributed by atoms with Crippen molar-refractivity contribution in [3.05, 3.63) is 0 Å². The van der Waals surface area contributed by atoms with Crippen LogP contribution in [-0.2, 0) is 4.74 Å². The van der Waals surface area contributed by atoms with E-state index in [0.717, 1.165) is 12.8 Å². The van der Waals surface area contributed by atoms with Crippen LogP contribution in [0.1, 0.15) is 26.7 Å². The van der Waals surface area contributed by atoms with Crippen LogP contribution >= 0.6 is 0 Å². The molecule has 3 N–H and O–H groups in total. The van der Waals surface area contributed by atoms with E-state index in [9.17, 15) is 9.59 Å². The highest BCUT2D eigenvalue weighted by atomic mass is 16.5. The van der Waals surface area contributed by atoms with Crippen molar-refractivity contribution in [3.8, 4) is 0 Å². The van der Waals surface area contributed by atoms with E-state index in [1.807, 2.05) is 12.2 Å². The average Bonchev–Trinajstić information content (AvgIpc) is 2.00. The van der Waals surface area contributed by atoms with Gasteiger partial charge in [-0.25, -0.2) is 14.9 Å². The molecule has 0 aliphatic rings. The number of carbonyl (C=O) groups excluding carboxylic acids is 2. The minimum atomic E-state index is -0.895. The second-order valence-electron chi connectivity index (χ2n) is 2.98. The number of primary amides is 1. The Morgan fingerprint density at radius 1 is 1.54 bits per heavy atom. The zero-order chi connectivity index (χ0) is 10.3. The van der Waals surface area contributed by atoms with Crippen LogP contribution in [0.25, 0.3) is 0 Å². The molecular formula is C8H16N2O3. The zero-order valence-corrected chi connectivity index (χ0v) is 8.00. The highest BCUT2D eigenvalue weighted by molar-refractivity contribution is 5.89. The lowest BCUT2D eigenvalue weighted by atomic mass is 10.1. The van der Waals surface area contributed by atoms with Gasteiger partial charge in [0.1, 0.15) is 0 Å². The van der Waals surface area contributed by atoms with Crippen molar-refractivity contribution in [2.24, 2.45) is 11.7 Å². The van der Waals surface area contributed by atoms with Crippen LogP contribution in [-0.4, -0.2) is 18.7 Å². The molecule has 0 spiro atoms. The molecule has 1 unspecified atom stereocenters. The van der Waals surface area contributed by atoms with Gasteiger partial charge in [-0.15, -0.1) is 0 Å². The summed E-state index contributed by atoms with van der Waals surface area (Å²) in [6.07, 6.45) is 1.25. The van der Waals surface area contributed by atoms with Crippen molar-refractivity contribution >= 4 is 12.1 Å². The second kappa shape index (κ2) is 6.28. The van der Waals surface area contributed by atoms with Crippen molar-refractivity contribution in [2.45, 2.75) is 26.7 Å². The van der Waals surface area contributed by atoms with Gasteiger partial charge in [-0.2, -0.15) is 0 Å². The van der Waals surface area contributed by atoms with Crippen molar-refractivity contribution in [3.63, 3.8) is 0 Å². The predicted octanol–water partition coefficient (Wildman–Crippen LogP) is 1.23. The number of urea groups is 1. The quantitative estimate of drug-likeness (QED) is 0.696. The summed E-state index contributed by atoms with van der Waals surface area (Å²) >= 11 is 0. The SMILES string of the molecule is CCCC(C)COC(=O)NC(N)=O. The molecule has 0 saturated carbocycles. The first-order valence-corrected chi connectivity index (χ1v) is 4.29. The first kappa shape index (κ1) is 11.7. The number of amides is 3. The van der Waals surface area contributed by atoms with Crippen LogP contribution in [0.2, 0.25) is 0 Å². The monoisotopic (exact) mass is 188 g/mol. The molecule has 0 aromatic rings. The van der Waals surface area contributed by atoms with Crippen LogP contribution in [0.5, 0.6) is 0 Å². The molecule has 0 radical (unpaired) electrons. The van der Waals surface area contributed by atoms with Crippen molar-refractivity contribution in [1.82, 2.24) is 5.32 Å². The van der Waals surface area contributed by atoms with E-state index in [4.69, 9.17) is 10.5 Å². The van der Waals surface area contributed by atoms with Gasteiger partial charge in [-0.1, -0.05) is 20.3 Å². The minimum absolute atomic E-state index is 0.309. The highest BCUT2D eigenvalue weighted by Gasteiger charge is 2.07. The Labute approximate surface area is 77.6 Å². The fourth-order valence-electron chi connectivity index (χ4n) is 0.931. The molecule has 5 heteroatoms. The summed E-state index contributed by atoms with van der Waals surface area (Å²) in [5.74, 6) is 0.309. The van der Waals surface area contributed by atoms with Gasteiger partial charge in [-0.05, 0) is 12.3 Å². The van der Waals surface area contributed by atoms with Gasteiger partial charge in [0.15, 0.2) is 0 Å². The van der Waals surface area contributed by atoms with Gasteiger partial charge in [0.25, 0.3) is 0 Å². The lowest BCUT2D eigenvalue weighted by Crippen LogP contribution is -2.36. The van der Waals surface area contributed by atoms with Gasteiger partial charge in [0.05, 0.1) is 6.61 Å². The summed E-state index contributed by atoms with van der Waals surface area (Å²) in [4.78, 5) is 20.9. The van der Waals surface area contributed by atoms with Crippen molar-refractivity contribution in [2.75, 3.05) is 6.61 Å². The lowest BCUT2D eigenvalue weighted by molar-refractivity contribution is 0.130. The van der Waals surface area contributed by atoms with E-state index in [0.29, 0.717) is 12.5 Å². The number of rotatable bonds is 4. The molecule has 76 valence electrons. The molecule has 0 aliphatic heterocycles. The fourth-order valence-corrected chi connectivity index (χ4v) is 0.931. The van der Waals surface area contributed by atoms with Crippen molar-refractivity contribution in [1.29, 1.82) is 0 Å². The van der Waals surface area contributed by atoms with E-state index >= 15 is 0 Å². The first-order chi connectivity index (χ1) is 6.06. The van der Waals surface area contributed by atoms with E-state index in [1.54, 1.807) is 0 Å². The number of ether oxygens (including phenoxy) is 1. The normalized spacial score (nSPS) is 11.8. The molecule has 0 bridgehead atoms. The number of hydrogen-bond acceptors (Lipinski definition) is 3. The van der Waals surface area contributed by atoms with Gasteiger partial charge in [0.2, 0.25) is 0 Å². The highest BCUT2D eigenvalue weighted by Crippen LogP contribution is 2.04. The van der Waals surface area contributed by atoms with E-state index in [1.165, 1.54) is 0 Å². The van der Waals surface area contributed by atoms with Crippen LogP contribution in [0, 0.1) is 5.92 Å². The number of nitrogens with two attached hydrogens (primary N) is 1. The summed E-state index contributed by atoms with van der Waals surface area (Å²) in [6, 6.07) is -0.895. The Morgan fingerprint density at radius 2 is 2.15 bits per heavy atom. The molecule has 0 aliphatic carbocycles. The minimum Gasteiger partial charge on any atom is -0.449 e. The van der Waals surface area contributed by atoms with E-state index in [-0.39, 0.29) is 0 Å². The Bertz CT molecular complexity index is 182. The predicted molar refractivity (Wildman–Crippen MR) is 48.1 cm³/mol. The summed E-state index contributed by atoms with van der Waals surface area (Å²) in [5, 5.41) is 1.82. The Hall–Kier alpha value is -1.26. The maximum absolute atomic E-state index is 10.7. The number of hydrogen-bond donors (Lipinski definition) is 2. The molecule has 0 fully saturated rings. The standard InChI is InChI=1S/C8H16N2O3/c1-3-4-6(2)5-13-8(12)10-7(9)11/h6H,3-5H2,1-2H3,(H3,9,10,11,12). The van der Waals surface area contributed by atoms with E-state index in [2.05, 4.69) is 6.92 Å². The summed E-state index contributed by atoms with van der Waals surface area (Å²) in [6.45, 7) is 4.34. The number of imide groups is 1. The molecule has 0 saturated heterocycles. The summed E-state index contributed by atoms with van der Waals surface area (Å²) in [5.41, 5.74) is 4.71. The number of carbonyl (C=O) groups is 2. The molecule has 0 heterocycles. The maximum Gasteiger partial charge on any atom is 0.415 e. The molecule has 5 nitrogen and oxygen atoms in total. The van der Waals surface area contributed by atoms with Crippen LogP contribution < -0.4 is 11.1 Å². The third-order valence-electron chi connectivity index (χ3n) is 1.51. The topological polar surface area (TPSA) is 81.4 Å². The van der Waals surface area contributed by atoms with Gasteiger partial charge in [0, 0.05) is 0 Å². The Kier molecular flexibility index (Phi) is 5.67.